The summed E-state index contributed by atoms with van der Waals surface area (Å²) in [6.07, 6.45) is 0.857. The smallest absolute Gasteiger partial charge is 0.227 e. The van der Waals surface area contributed by atoms with E-state index in [1.807, 2.05) is 0 Å². The SMILES string of the molecule is O=C(Cc1ccc(F)c(F)c1)N1CCC(CO)C1. The number of rotatable bonds is 3. The summed E-state index contributed by atoms with van der Waals surface area (Å²) in [5, 5.41) is 8.99. The summed E-state index contributed by atoms with van der Waals surface area (Å²) in [7, 11) is 0. The number of likely N-dealkylation sites (tertiary alicyclic amines) is 1. The average Bonchev–Trinajstić information content (AvgIpc) is 2.82. The van der Waals surface area contributed by atoms with Gasteiger partial charge in [0.05, 0.1) is 6.42 Å². The average molecular weight is 255 g/mol. The van der Waals surface area contributed by atoms with E-state index < -0.39 is 11.6 Å². The molecule has 1 atom stereocenters. The Kier molecular flexibility index (Phi) is 3.91. The Morgan fingerprint density at radius 1 is 1.39 bits per heavy atom. The van der Waals surface area contributed by atoms with Gasteiger partial charge >= 0.3 is 0 Å². The second-order valence-corrected chi connectivity index (χ2v) is 4.60. The maximum absolute atomic E-state index is 13.0. The van der Waals surface area contributed by atoms with Gasteiger partial charge in [0.25, 0.3) is 0 Å². The lowest BCUT2D eigenvalue weighted by atomic mass is 10.1. The first kappa shape index (κ1) is 13.0. The van der Waals surface area contributed by atoms with E-state index in [4.69, 9.17) is 5.11 Å². The van der Waals surface area contributed by atoms with Crippen LogP contribution in [0.15, 0.2) is 18.2 Å². The molecule has 0 bridgehead atoms. The van der Waals surface area contributed by atoms with Crippen LogP contribution in [0.25, 0.3) is 0 Å². The second kappa shape index (κ2) is 5.44. The highest BCUT2D eigenvalue weighted by molar-refractivity contribution is 5.79. The van der Waals surface area contributed by atoms with Crippen molar-refractivity contribution in [1.82, 2.24) is 4.90 Å². The molecule has 1 aliphatic rings. The van der Waals surface area contributed by atoms with Gasteiger partial charge in [0.2, 0.25) is 5.91 Å². The summed E-state index contributed by atoms with van der Waals surface area (Å²) < 4.78 is 25.7. The fourth-order valence-corrected chi connectivity index (χ4v) is 2.14. The number of aliphatic hydroxyl groups is 1. The normalized spacial score (nSPS) is 19.3. The molecule has 1 saturated heterocycles. The van der Waals surface area contributed by atoms with Gasteiger partial charge in [-0.05, 0) is 24.1 Å². The third-order valence-corrected chi connectivity index (χ3v) is 3.24. The van der Waals surface area contributed by atoms with Crippen molar-refractivity contribution in [2.75, 3.05) is 19.7 Å². The van der Waals surface area contributed by atoms with Crippen LogP contribution in [0.1, 0.15) is 12.0 Å². The van der Waals surface area contributed by atoms with E-state index in [1.165, 1.54) is 6.07 Å². The summed E-state index contributed by atoms with van der Waals surface area (Å²) in [5.41, 5.74) is 0.464. The molecule has 1 aromatic carbocycles. The molecule has 18 heavy (non-hydrogen) atoms. The number of hydrogen-bond donors (Lipinski definition) is 1. The molecule has 0 radical (unpaired) electrons. The largest absolute Gasteiger partial charge is 0.396 e. The van der Waals surface area contributed by atoms with E-state index >= 15 is 0 Å². The Bertz CT molecular complexity index is 451. The molecule has 0 saturated carbocycles. The van der Waals surface area contributed by atoms with Crippen molar-refractivity contribution in [1.29, 1.82) is 0 Å². The molecule has 1 fully saturated rings. The molecule has 1 unspecified atom stereocenters. The van der Waals surface area contributed by atoms with Crippen LogP contribution in [0.2, 0.25) is 0 Å². The van der Waals surface area contributed by atoms with Crippen molar-refractivity contribution in [2.45, 2.75) is 12.8 Å². The molecule has 1 heterocycles. The molecule has 0 spiro atoms. The van der Waals surface area contributed by atoms with Crippen LogP contribution in [0, 0.1) is 17.6 Å². The molecule has 5 heteroatoms. The zero-order valence-electron chi connectivity index (χ0n) is 9.90. The van der Waals surface area contributed by atoms with Crippen LogP contribution < -0.4 is 0 Å². The third kappa shape index (κ3) is 2.85. The Morgan fingerprint density at radius 3 is 2.78 bits per heavy atom. The number of aliphatic hydroxyl groups excluding tert-OH is 1. The van der Waals surface area contributed by atoms with E-state index in [0.29, 0.717) is 18.7 Å². The molecule has 0 aliphatic carbocycles. The van der Waals surface area contributed by atoms with Gasteiger partial charge in [-0.15, -0.1) is 0 Å². The minimum absolute atomic E-state index is 0.0648. The minimum Gasteiger partial charge on any atom is -0.396 e. The van der Waals surface area contributed by atoms with Gasteiger partial charge in [0.15, 0.2) is 11.6 Å². The lowest BCUT2D eigenvalue weighted by Crippen LogP contribution is -2.30. The number of amides is 1. The predicted octanol–water partition coefficient (Wildman–Crippen LogP) is 1.35. The number of carbonyl (C=O) groups is 1. The molecule has 0 aromatic heterocycles. The fraction of sp³-hybridized carbons (Fsp3) is 0.462. The Hall–Kier alpha value is -1.49. The zero-order valence-corrected chi connectivity index (χ0v) is 9.90. The maximum atomic E-state index is 13.0. The number of halogens is 2. The zero-order chi connectivity index (χ0) is 13.1. The first-order valence-corrected chi connectivity index (χ1v) is 5.92. The van der Waals surface area contributed by atoms with Crippen molar-refractivity contribution in [3.05, 3.63) is 35.4 Å². The van der Waals surface area contributed by atoms with Gasteiger partial charge in [-0.1, -0.05) is 6.07 Å². The van der Waals surface area contributed by atoms with Crippen molar-refractivity contribution in [3.8, 4) is 0 Å². The molecule has 1 aliphatic heterocycles. The van der Waals surface area contributed by atoms with Crippen molar-refractivity contribution in [2.24, 2.45) is 5.92 Å². The monoisotopic (exact) mass is 255 g/mol. The summed E-state index contributed by atoms with van der Waals surface area (Å²) in [4.78, 5) is 13.6. The van der Waals surface area contributed by atoms with Crippen LogP contribution in [0.4, 0.5) is 8.78 Å². The van der Waals surface area contributed by atoms with Gasteiger partial charge in [-0.2, -0.15) is 0 Å². The lowest BCUT2D eigenvalue weighted by molar-refractivity contribution is -0.129. The highest BCUT2D eigenvalue weighted by atomic mass is 19.2. The summed E-state index contributed by atoms with van der Waals surface area (Å²) in [6.45, 7) is 1.24. The highest BCUT2D eigenvalue weighted by Crippen LogP contribution is 2.17. The van der Waals surface area contributed by atoms with E-state index in [2.05, 4.69) is 0 Å². The van der Waals surface area contributed by atoms with Gasteiger partial charge in [-0.3, -0.25) is 4.79 Å². The van der Waals surface area contributed by atoms with Gasteiger partial charge in [0.1, 0.15) is 0 Å². The standard InChI is InChI=1S/C13H15F2NO2/c14-11-2-1-9(5-12(11)15)6-13(18)16-4-3-10(7-16)8-17/h1-2,5,10,17H,3-4,6-8H2. The maximum Gasteiger partial charge on any atom is 0.227 e. The van der Waals surface area contributed by atoms with Crippen LogP contribution in [-0.4, -0.2) is 35.6 Å². The van der Waals surface area contributed by atoms with Crippen molar-refractivity contribution < 1.29 is 18.7 Å². The molecule has 3 nitrogen and oxygen atoms in total. The number of benzene rings is 1. The molecule has 98 valence electrons. The molecular weight excluding hydrogens is 240 g/mol. The lowest BCUT2D eigenvalue weighted by Gasteiger charge is -2.16. The summed E-state index contributed by atoms with van der Waals surface area (Å²) >= 11 is 0. The molecule has 1 aromatic rings. The number of hydrogen-bond acceptors (Lipinski definition) is 2. The first-order chi connectivity index (χ1) is 8.60. The predicted molar refractivity (Wildman–Crippen MR) is 61.8 cm³/mol. The molecule has 1 N–H and O–H groups in total. The van der Waals surface area contributed by atoms with Gasteiger partial charge in [-0.25, -0.2) is 8.78 Å². The van der Waals surface area contributed by atoms with Gasteiger partial charge in [0, 0.05) is 25.6 Å². The van der Waals surface area contributed by atoms with Crippen LogP contribution >= 0.6 is 0 Å². The van der Waals surface area contributed by atoms with Crippen molar-refractivity contribution >= 4 is 5.91 Å². The topological polar surface area (TPSA) is 40.5 Å². The first-order valence-electron chi connectivity index (χ1n) is 5.92. The number of carbonyl (C=O) groups excluding carboxylic acids is 1. The molecule has 2 rings (SSSR count). The fourth-order valence-electron chi connectivity index (χ4n) is 2.14. The highest BCUT2D eigenvalue weighted by Gasteiger charge is 2.25. The summed E-state index contributed by atoms with van der Waals surface area (Å²) in [5.74, 6) is -1.82. The Balaban J connectivity index is 1.97. The van der Waals surface area contributed by atoms with E-state index in [0.717, 1.165) is 18.6 Å². The van der Waals surface area contributed by atoms with Crippen LogP contribution in [-0.2, 0) is 11.2 Å². The van der Waals surface area contributed by atoms with E-state index in [9.17, 15) is 13.6 Å². The third-order valence-electron chi connectivity index (χ3n) is 3.24. The van der Waals surface area contributed by atoms with Crippen LogP contribution in [0.3, 0.4) is 0 Å². The quantitative estimate of drug-likeness (QED) is 0.885. The number of nitrogens with zero attached hydrogens (tertiary/aromatic N) is 1. The van der Waals surface area contributed by atoms with E-state index in [1.54, 1.807) is 4.90 Å². The van der Waals surface area contributed by atoms with Crippen molar-refractivity contribution in [3.63, 3.8) is 0 Å². The minimum atomic E-state index is -0.935. The molecular formula is C13H15F2NO2. The second-order valence-electron chi connectivity index (χ2n) is 4.60. The van der Waals surface area contributed by atoms with Crippen LogP contribution in [0.5, 0.6) is 0 Å². The molecule has 1 amide bonds. The Morgan fingerprint density at radius 2 is 2.17 bits per heavy atom. The summed E-state index contributed by atoms with van der Waals surface area (Å²) in [6, 6.07) is 3.49. The van der Waals surface area contributed by atoms with E-state index in [-0.39, 0.29) is 24.9 Å². The van der Waals surface area contributed by atoms with Gasteiger partial charge < -0.3 is 10.0 Å². The Labute approximate surface area is 104 Å².